The summed E-state index contributed by atoms with van der Waals surface area (Å²) in [5, 5.41) is 8.62. The van der Waals surface area contributed by atoms with Crippen molar-refractivity contribution in [3.8, 4) is 6.07 Å². The molecule has 0 aromatic heterocycles. The lowest BCUT2D eigenvalue weighted by molar-refractivity contribution is -0.137. The number of allylic oxidation sites excluding steroid dienone is 1. The van der Waals surface area contributed by atoms with E-state index in [9.17, 15) is 18.0 Å². The quantitative estimate of drug-likeness (QED) is 0.792. The number of hydrogen-bond acceptors (Lipinski definition) is 2. The van der Waals surface area contributed by atoms with Crippen LogP contribution in [0.2, 0.25) is 0 Å². The number of benzene rings is 1. The van der Waals surface area contributed by atoms with Gasteiger partial charge in [0.2, 0.25) is 5.91 Å². The van der Waals surface area contributed by atoms with Gasteiger partial charge in [-0.15, -0.1) is 0 Å². The van der Waals surface area contributed by atoms with Gasteiger partial charge in [0.25, 0.3) is 0 Å². The van der Waals surface area contributed by atoms with Crippen LogP contribution in [0.15, 0.2) is 30.3 Å². The summed E-state index contributed by atoms with van der Waals surface area (Å²) >= 11 is 0. The topological polar surface area (TPSA) is 44.1 Å². The van der Waals surface area contributed by atoms with E-state index in [0.29, 0.717) is 11.1 Å². The molecule has 0 aliphatic heterocycles. The first kappa shape index (κ1) is 17.8. The lowest BCUT2D eigenvalue weighted by Crippen LogP contribution is -2.33. The number of halogens is 3. The third-order valence-electron chi connectivity index (χ3n) is 3.40. The molecule has 1 aromatic rings. The molecular formula is C16H17F3N2O. The van der Waals surface area contributed by atoms with E-state index in [2.05, 4.69) is 0 Å². The van der Waals surface area contributed by atoms with Gasteiger partial charge in [-0.05, 0) is 37.1 Å². The predicted molar refractivity (Wildman–Crippen MR) is 77.6 cm³/mol. The molecule has 22 heavy (non-hydrogen) atoms. The molecule has 1 unspecified atom stereocenters. The monoisotopic (exact) mass is 310 g/mol. The van der Waals surface area contributed by atoms with E-state index in [1.807, 2.05) is 6.07 Å². The first-order valence-corrected chi connectivity index (χ1v) is 6.66. The summed E-state index contributed by atoms with van der Waals surface area (Å²) in [6.07, 6.45) is -2.80. The van der Waals surface area contributed by atoms with Crippen LogP contribution in [0, 0.1) is 11.3 Å². The lowest BCUT2D eigenvalue weighted by Gasteiger charge is -2.21. The fourth-order valence-corrected chi connectivity index (χ4v) is 1.78. The van der Waals surface area contributed by atoms with Crippen LogP contribution >= 0.6 is 0 Å². The molecule has 0 fully saturated rings. The zero-order valence-corrected chi connectivity index (χ0v) is 12.6. The minimum atomic E-state index is -4.38. The molecule has 0 heterocycles. The van der Waals surface area contributed by atoms with Crippen molar-refractivity contribution in [1.82, 2.24) is 4.90 Å². The summed E-state index contributed by atoms with van der Waals surface area (Å²) in [4.78, 5) is 13.5. The van der Waals surface area contributed by atoms with E-state index in [4.69, 9.17) is 5.26 Å². The lowest BCUT2D eigenvalue weighted by atomic mass is 10.0. The minimum Gasteiger partial charge on any atom is -0.338 e. The van der Waals surface area contributed by atoms with E-state index in [-0.39, 0.29) is 18.4 Å². The number of alkyl halides is 3. The average molecular weight is 310 g/mol. The fourth-order valence-electron chi connectivity index (χ4n) is 1.78. The summed E-state index contributed by atoms with van der Waals surface area (Å²) in [5.41, 5.74) is 0.382. The highest BCUT2D eigenvalue weighted by molar-refractivity contribution is 5.94. The molecule has 3 nitrogen and oxygen atoms in total. The van der Waals surface area contributed by atoms with E-state index >= 15 is 0 Å². The van der Waals surface area contributed by atoms with E-state index in [1.54, 1.807) is 20.9 Å². The molecule has 0 bridgehead atoms. The Labute approximate surface area is 127 Å². The number of carbonyl (C=O) groups excluding carboxylic acids is 1. The van der Waals surface area contributed by atoms with Crippen molar-refractivity contribution in [3.05, 3.63) is 41.5 Å². The summed E-state index contributed by atoms with van der Waals surface area (Å²) in [5.74, 6) is -0.292. The van der Waals surface area contributed by atoms with Crippen molar-refractivity contribution in [3.63, 3.8) is 0 Å². The maximum absolute atomic E-state index is 12.5. The normalized spacial score (nSPS) is 13.4. The molecule has 0 saturated heterocycles. The molecule has 0 radical (unpaired) electrons. The van der Waals surface area contributed by atoms with Crippen LogP contribution in [0.4, 0.5) is 13.2 Å². The van der Waals surface area contributed by atoms with Crippen LogP contribution in [0.5, 0.6) is 0 Å². The Kier molecular flexibility index (Phi) is 5.75. The van der Waals surface area contributed by atoms with E-state index in [1.165, 1.54) is 23.1 Å². The smallest absolute Gasteiger partial charge is 0.338 e. The van der Waals surface area contributed by atoms with Crippen LogP contribution < -0.4 is 0 Å². The van der Waals surface area contributed by atoms with Gasteiger partial charge in [-0.3, -0.25) is 4.79 Å². The first-order valence-electron chi connectivity index (χ1n) is 6.66. The number of hydrogen-bond donors (Lipinski definition) is 0. The Morgan fingerprint density at radius 1 is 1.36 bits per heavy atom. The Morgan fingerprint density at radius 3 is 2.36 bits per heavy atom. The molecule has 1 aromatic carbocycles. The second kappa shape index (κ2) is 7.12. The van der Waals surface area contributed by atoms with Gasteiger partial charge in [-0.25, -0.2) is 0 Å². The summed E-state index contributed by atoms with van der Waals surface area (Å²) in [6, 6.07) is 6.40. The predicted octanol–water partition coefficient (Wildman–Crippen LogP) is 3.87. The first-order chi connectivity index (χ1) is 10.2. The summed E-state index contributed by atoms with van der Waals surface area (Å²) in [7, 11) is 1.58. The summed E-state index contributed by atoms with van der Waals surface area (Å²) in [6.45, 7) is 3.41. The van der Waals surface area contributed by atoms with Gasteiger partial charge in [0, 0.05) is 19.2 Å². The molecule has 6 heteroatoms. The van der Waals surface area contributed by atoms with Gasteiger partial charge in [-0.1, -0.05) is 12.1 Å². The van der Waals surface area contributed by atoms with Crippen molar-refractivity contribution < 1.29 is 18.0 Å². The van der Waals surface area contributed by atoms with Crippen LogP contribution in [0.3, 0.4) is 0 Å². The number of rotatable bonds is 4. The SMILES string of the molecule is CC(=CC(=O)N(C)C(C)CC#N)c1ccc(C(F)(F)F)cc1. The molecule has 0 aliphatic rings. The zero-order chi connectivity index (χ0) is 16.9. The fraction of sp³-hybridized carbons (Fsp3) is 0.375. The van der Waals surface area contributed by atoms with Crippen LogP contribution in [0.1, 0.15) is 31.4 Å². The van der Waals surface area contributed by atoms with E-state index in [0.717, 1.165) is 12.1 Å². The van der Waals surface area contributed by atoms with Gasteiger partial charge in [-0.2, -0.15) is 18.4 Å². The molecule has 1 rings (SSSR count). The third kappa shape index (κ3) is 4.62. The third-order valence-corrected chi connectivity index (χ3v) is 3.40. The Bertz CT molecular complexity index is 597. The molecule has 0 N–H and O–H groups in total. The molecular weight excluding hydrogens is 293 g/mol. The van der Waals surface area contributed by atoms with Gasteiger partial charge in [0.15, 0.2) is 0 Å². The number of nitriles is 1. The molecule has 1 atom stereocenters. The number of carbonyl (C=O) groups is 1. The average Bonchev–Trinajstić information content (AvgIpc) is 2.45. The standard InChI is InChI=1S/C16H17F3N2O/c1-11(10-15(22)21(3)12(2)8-9-20)13-4-6-14(7-5-13)16(17,18)19/h4-7,10,12H,8H2,1-3H3. The number of amides is 1. The minimum absolute atomic E-state index is 0.218. The van der Waals surface area contributed by atoms with Gasteiger partial charge < -0.3 is 4.90 Å². The van der Waals surface area contributed by atoms with Crippen molar-refractivity contribution in [2.45, 2.75) is 32.5 Å². The van der Waals surface area contributed by atoms with Crippen LogP contribution in [0.25, 0.3) is 5.57 Å². The van der Waals surface area contributed by atoms with Crippen molar-refractivity contribution >= 4 is 11.5 Å². The molecule has 0 aliphatic carbocycles. The van der Waals surface area contributed by atoms with Gasteiger partial charge in [0.1, 0.15) is 0 Å². The number of likely N-dealkylation sites (N-methyl/N-ethyl adjacent to an activating group) is 1. The van der Waals surface area contributed by atoms with Crippen molar-refractivity contribution in [1.29, 1.82) is 5.26 Å². The second-order valence-corrected chi connectivity index (χ2v) is 5.06. The Balaban J connectivity index is 2.89. The highest BCUT2D eigenvalue weighted by atomic mass is 19.4. The largest absolute Gasteiger partial charge is 0.416 e. The molecule has 118 valence electrons. The van der Waals surface area contributed by atoms with Crippen molar-refractivity contribution in [2.24, 2.45) is 0 Å². The van der Waals surface area contributed by atoms with Gasteiger partial charge in [0.05, 0.1) is 18.1 Å². The van der Waals surface area contributed by atoms with Crippen LogP contribution in [-0.2, 0) is 11.0 Å². The maximum Gasteiger partial charge on any atom is 0.416 e. The second-order valence-electron chi connectivity index (χ2n) is 5.06. The van der Waals surface area contributed by atoms with Crippen LogP contribution in [-0.4, -0.2) is 23.9 Å². The highest BCUT2D eigenvalue weighted by Gasteiger charge is 2.29. The molecule has 1 amide bonds. The van der Waals surface area contributed by atoms with Crippen molar-refractivity contribution in [2.75, 3.05) is 7.05 Å². The Morgan fingerprint density at radius 2 is 1.91 bits per heavy atom. The van der Waals surface area contributed by atoms with E-state index < -0.39 is 11.7 Å². The van der Waals surface area contributed by atoms with Gasteiger partial charge >= 0.3 is 6.18 Å². The molecule has 0 saturated carbocycles. The molecule has 0 spiro atoms. The summed E-state index contributed by atoms with van der Waals surface area (Å²) < 4.78 is 37.5. The zero-order valence-electron chi connectivity index (χ0n) is 12.6. The Hall–Kier alpha value is -2.29. The maximum atomic E-state index is 12.5. The number of nitrogens with zero attached hydrogens (tertiary/aromatic N) is 2. The highest BCUT2D eigenvalue weighted by Crippen LogP contribution is 2.30.